The van der Waals surface area contributed by atoms with E-state index in [0.717, 1.165) is 49.2 Å². The van der Waals surface area contributed by atoms with Crippen molar-refractivity contribution in [2.75, 3.05) is 13.7 Å². The fraction of sp³-hybridized carbons (Fsp3) is 0.700. The quantitative estimate of drug-likeness (QED) is 0.544. The first kappa shape index (κ1) is 19.9. The molecule has 1 fully saturated rings. The number of guanidine groups is 1. The minimum absolute atomic E-state index is 0.272. The molecule has 1 aliphatic carbocycles. The van der Waals surface area contributed by atoms with Crippen molar-refractivity contribution in [1.29, 1.82) is 0 Å². The lowest BCUT2D eigenvalue weighted by Crippen LogP contribution is -2.47. The summed E-state index contributed by atoms with van der Waals surface area (Å²) in [5.74, 6) is 2.62. The van der Waals surface area contributed by atoms with Crippen LogP contribution in [0.3, 0.4) is 0 Å². The van der Waals surface area contributed by atoms with Crippen molar-refractivity contribution in [2.24, 2.45) is 4.99 Å². The second kappa shape index (κ2) is 9.39. The highest BCUT2D eigenvalue weighted by atomic mass is 16.5. The van der Waals surface area contributed by atoms with Gasteiger partial charge in [-0.2, -0.15) is 10.2 Å². The molecule has 29 heavy (non-hydrogen) atoms. The molecule has 2 aromatic rings. The Morgan fingerprint density at radius 2 is 2.14 bits per heavy atom. The smallest absolute Gasteiger partial charge is 0.191 e. The van der Waals surface area contributed by atoms with Crippen LogP contribution in [-0.4, -0.2) is 50.2 Å². The Balaban J connectivity index is 1.36. The number of aryl methyl sites for hydroxylation is 1. The summed E-state index contributed by atoms with van der Waals surface area (Å²) in [6.07, 6.45) is 9.12. The highest BCUT2D eigenvalue weighted by Crippen LogP contribution is 2.28. The minimum Gasteiger partial charge on any atom is -0.377 e. The van der Waals surface area contributed by atoms with Crippen LogP contribution in [0.25, 0.3) is 0 Å². The Hall–Kier alpha value is -2.42. The van der Waals surface area contributed by atoms with Crippen LogP contribution in [-0.2, 0) is 30.9 Å². The van der Waals surface area contributed by atoms with Crippen LogP contribution in [0, 0.1) is 0 Å². The van der Waals surface area contributed by atoms with Crippen LogP contribution in [0.1, 0.15) is 62.4 Å². The van der Waals surface area contributed by atoms with E-state index >= 15 is 0 Å². The van der Waals surface area contributed by atoms with E-state index in [1.54, 1.807) is 7.11 Å². The molecular formula is C20H32N8O. The molecule has 0 bridgehead atoms. The maximum absolute atomic E-state index is 5.15. The Kier molecular flexibility index (Phi) is 6.43. The van der Waals surface area contributed by atoms with Crippen molar-refractivity contribution in [1.82, 2.24) is 35.2 Å². The van der Waals surface area contributed by atoms with E-state index in [9.17, 15) is 0 Å². The van der Waals surface area contributed by atoms with E-state index in [2.05, 4.69) is 44.6 Å². The van der Waals surface area contributed by atoms with Gasteiger partial charge in [0.2, 0.25) is 0 Å². The molecule has 1 saturated carbocycles. The number of nitrogens with one attached hydrogen (secondary N) is 2. The van der Waals surface area contributed by atoms with E-state index in [1.807, 2.05) is 4.68 Å². The van der Waals surface area contributed by atoms with Gasteiger partial charge < -0.3 is 15.4 Å². The maximum Gasteiger partial charge on any atom is 0.191 e. The lowest BCUT2D eigenvalue weighted by atomic mass is 10.1. The number of hydrogen-bond donors (Lipinski definition) is 2. The summed E-state index contributed by atoms with van der Waals surface area (Å²) >= 11 is 0. The van der Waals surface area contributed by atoms with Crippen molar-refractivity contribution in [3.8, 4) is 0 Å². The van der Waals surface area contributed by atoms with Gasteiger partial charge in [0.25, 0.3) is 0 Å². The van der Waals surface area contributed by atoms with E-state index in [-0.39, 0.29) is 6.04 Å². The van der Waals surface area contributed by atoms with Crippen molar-refractivity contribution < 1.29 is 4.74 Å². The van der Waals surface area contributed by atoms with Gasteiger partial charge in [0.1, 0.15) is 12.4 Å². The first-order valence-corrected chi connectivity index (χ1v) is 10.8. The summed E-state index contributed by atoms with van der Waals surface area (Å²) in [6, 6.07) is 2.93. The van der Waals surface area contributed by atoms with E-state index < -0.39 is 0 Å². The van der Waals surface area contributed by atoms with Crippen molar-refractivity contribution >= 4 is 5.96 Å². The molecule has 9 heteroatoms. The van der Waals surface area contributed by atoms with Crippen LogP contribution >= 0.6 is 0 Å². The van der Waals surface area contributed by atoms with Gasteiger partial charge in [0.05, 0.1) is 24.8 Å². The minimum atomic E-state index is 0.272. The van der Waals surface area contributed by atoms with Gasteiger partial charge in [-0.05, 0) is 32.3 Å². The SMILES string of the molecule is CCNC(=NCc1ccn(C2CCCC2)n1)NC1CCc2nc(COC)nn2C1. The van der Waals surface area contributed by atoms with E-state index in [0.29, 0.717) is 19.2 Å². The van der Waals surface area contributed by atoms with E-state index in [4.69, 9.17) is 14.8 Å². The lowest BCUT2D eigenvalue weighted by molar-refractivity contribution is 0.177. The van der Waals surface area contributed by atoms with Gasteiger partial charge in [-0.15, -0.1) is 0 Å². The zero-order chi connectivity index (χ0) is 20.1. The van der Waals surface area contributed by atoms with E-state index in [1.165, 1.54) is 25.7 Å². The standard InChI is InChI=1S/C20H32N8O/c1-3-21-20(22-12-15-10-11-27(25-15)17-6-4-5-7-17)23-16-8-9-19-24-18(14-29-2)26-28(19)13-16/h10-11,16-17H,3-9,12-14H2,1-2H3,(H2,21,22,23). The van der Waals surface area contributed by atoms with Gasteiger partial charge in [-0.1, -0.05) is 12.8 Å². The summed E-state index contributed by atoms with van der Waals surface area (Å²) in [5, 5.41) is 16.2. The molecule has 3 heterocycles. The number of rotatable bonds is 7. The molecule has 0 amide bonds. The zero-order valence-corrected chi connectivity index (χ0v) is 17.5. The molecule has 1 unspecified atom stereocenters. The van der Waals surface area contributed by atoms with Gasteiger partial charge in [0.15, 0.2) is 11.8 Å². The Labute approximate surface area is 171 Å². The van der Waals surface area contributed by atoms with Crippen LogP contribution in [0.15, 0.2) is 17.3 Å². The first-order chi connectivity index (χ1) is 14.2. The zero-order valence-electron chi connectivity index (χ0n) is 17.5. The Bertz CT molecular complexity index is 820. The number of fused-ring (bicyclic) bond motifs is 1. The number of aromatic nitrogens is 5. The number of nitrogens with zero attached hydrogens (tertiary/aromatic N) is 6. The summed E-state index contributed by atoms with van der Waals surface area (Å²) in [7, 11) is 1.67. The molecule has 4 rings (SSSR count). The highest BCUT2D eigenvalue weighted by Gasteiger charge is 2.22. The largest absolute Gasteiger partial charge is 0.377 e. The predicted molar refractivity (Wildman–Crippen MR) is 111 cm³/mol. The molecule has 1 atom stereocenters. The van der Waals surface area contributed by atoms with Gasteiger partial charge in [-0.3, -0.25) is 4.68 Å². The third kappa shape index (κ3) is 4.95. The first-order valence-electron chi connectivity index (χ1n) is 10.8. The second-order valence-corrected chi connectivity index (χ2v) is 7.86. The molecule has 1 aliphatic heterocycles. The van der Waals surface area contributed by atoms with Crippen LogP contribution in [0.2, 0.25) is 0 Å². The molecule has 0 saturated heterocycles. The topological polar surface area (TPSA) is 94.2 Å². The highest BCUT2D eigenvalue weighted by molar-refractivity contribution is 5.80. The van der Waals surface area contributed by atoms with Gasteiger partial charge in [0, 0.05) is 32.3 Å². The third-order valence-electron chi connectivity index (χ3n) is 5.62. The second-order valence-electron chi connectivity index (χ2n) is 7.86. The Morgan fingerprint density at radius 3 is 2.93 bits per heavy atom. The van der Waals surface area contributed by atoms with Gasteiger partial charge in [-0.25, -0.2) is 14.7 Å². The molecule has 2 aromatic heterocycles. The Morgan fingerprint density at radius 1 is 1.28 bits per heavy atom. The maximum atomic E-state index is 5.15. The molecule has 0 radical (unpaired) electrons. The molecule has 158 valence electrons. The number of hydrogen-bond acceptors (Lipinski definition) is 5. The summed E-state index contributed by atoms with van der Waals surface area (Å²) in [5.41, 5.74) is 1.01. The fourth-order valence-corrected chi connectivity index (χ4v) is 4.18. The number of ether oxygens (including phenoxy) is 1. The summed E-state index contributed by atoms with van der Waals surface area (Å²) < 4.78 is 9.26. The number of aliphatic imine (C=N–C) groups is 1. The fourth-order valence-electron chi connectivity index (χ4n) is 4.18. The third-order valence-corrected chi connectivity index (χ3v) is 5.62. The molecule has 2 N–H and O–H groups in total. The van der Waals surface area contributed by atoms with Crippen molar-refractivity contribution in [2.45, 2.75) is 77.2 Å². The molecule has 0 aromatic carbocycles. The van der Waals surface area contributed by atoms with Crippen LogP contribution in [0.5, 0.6) is 0 Å². The average molecular weight is 401 g/mol. The predicted octanol–water partition coefficient (Wildman–Crippen LogP) is 1.81. The normalized spacial score (nSPS) is 20.1. The molecule has 2 aliphatic rings. The lowest BCUT2D eigenvalue weighted by Gasteiger charge is -2.25. The molecule has 9 nitrogen and oxygen atoms in total. The van der Waals surface area contributed by atoms with Gasteiger partial charge >= 0.3 is 0 Å². The average Bonchev–Trinajstić information content (AvgIpc) is 3.46. The summed E-state index contributed by atoms with van der Waals surface area (Å²) in [4.78, 5) is 9.31. The van der Waals surface area contributed by atoms with Crippen LogP contribution in [0.4, 0.5) is 0 Å². The molecule has 0 spiro atoms. The van der Waals surface area contributed by atoms with Crippen LogP contribution < -0.4 is 10.6 Å². The number of methoxy groups -OCH3 is 1. The molecular weight excluding hydrogens is 368 g/mol. The summed E-state index contributed by atoms with van der Waals surface area (Å²) in [6.45, 7) is 4.72. The van der Waals surface area contributed by atoms with Crippen molar-refractivity contribution in [3.05, 3.63) is 29.6 Å². The monoisotopic (exact) mass is 400 g/mol. The van der Waals surface area contributed by atoms with Crippen molar-refractivity contribution in [3.63, 3.8) is 0 Å².